The molecule has 0 aliphatic heterocycles. The topological polar surface area (TPSA) is 127 Å². The van der Waals surface area contributed by atoms with Crippen LogP contribution < -0.4 is 10.5 Å². The molecule has 0 saturated heterocycles. The van der Waals surface area contributed by atoms with Crippen molar-refractivity contribution >= 4 is 26.0 Å². The highest BCUT2D eigenvalue weighted by molar-refractivity contribution is 7.89. The van der Waals surface area contributed by atoms with Gasteiger partial charge in [-0.1, -0.05) is 12.1 Å². The van der Waals surface area contributed by atoms with Crippen molar-refractivity contribution in [3.05, 3.63) is 29.8 Å². The first-order valence-electron chi connectivity index (χ1n) is 6.81. The van der Waals surface area contributed by atoms with Crippen LogP contribution in [0.4, 0.5) is 0 Å². The van der Waals surface area contributed by atoms with E-state index in [4.69, 9.17) is 5.14 Å². The summed E-state index contributed by atoms with van der Waals surface area (Å²) in [6, 6.07) is 6.02. The van der Waals surface area contributed by atoms with Gasteiger partial charge >= 0.3 is 0 Å². The van der Waals surface area contributed by atoms with Crippen LogP contribution in [0.5, 0.6) is 0 Å². The van der Waals surface area contributed by atoms with Crippen LogP contribution in [0.1, 0.15) is 12.0 Å². The van der Waals surface area contributed by atoms with Crippen molar-refractivity contribution in [2.45, 2.75) is 17.7 Å². The van der Waals surface area contributed by atoms with E-state index in [1.54, 1.807) is 12.1 Å². The largest absolute Gasteiger partial charge is 0.356 e. The second-order valence-electron chi connectivity index (χ2n) is 5.14. The van der Waals surface area contributed by atoms with E-state index in [0.717, 1.165) is 9.87 Å². The minimum atomic E-state index is -3.71. The molecular formula is C13H21N3O5S2. The molecule has 1 amide bonds. The number of sulfonamides is 2. The fourth-order valence-electron chi connectivity index (χ4n) is 1.68. The van der Waals surface area contributed by atoms with Crippen molar-refractivity contribution in [2.24, 2.45) is 5.14 Å². The summed E-state index contributed by atoms with van der Waals surface area (Å²) in [4.78, 5) is 11.6. The van der Waals surface area contributed by atoms with Crippen molar-refractivity contribution in [1.29, 1.82) is 0 Å². The minimum Gasteiger partial charge on any atom is -0.356 e. The van der Waals surface area contributed by atoms with Gasteiger partial charge in [-0.15, -0.1) is 0 Å². The predicted molar refractivity (Wildman–Crippen MR) is 86.6 cm³/mol. The van der Waals surface area contributed by atoms with E-state index >= 15 is 0 Å². The fourth-order valence-corrected chi connectivity index (χ4v) is 3.01. The molecule has 0 radical (unpaired) electrons. The third kappa shape index (κ3) is 6.65. The lowest BCUT2D eigenvalue weighted by atomic mass is 10.1. The average Bonchev–Trinajstić information content (AvgIpc) is 2.44. The first-order chi connectivity index (χ1) is 10.5. The van der Waals surface area contributed by atoms with Crippen LogP contribution in [0.25, 0.3) is 0 Å². The molecule has 1 aromatic rings. The van der Waals surface area contributed by atoms with Crippen LogP contribution >= 0.6 is 0 Å². The monoisotopic (exact) mass is 363 g/mol. The Balaban J connectivity index is 2.41. The van der Waals surface area contributed by atoms with Crippen LogP contribution in [-0.4, -0.2) is 53.4 Å². The number of benzene rings is 1. The summed E-state index contributed by atoms with van der Waals surface area (Å²) in [5.41, 5.74) is 0.832. The molecule has 1 aromatic carbocycles. The number of rotatable bonds is 8. The van der Waals surface area contributed by atoms with Gasteiger partial charge < -0.3 is 5.32 Å². The summed E-state index contributed by atoms with van der Waals surface area (Å²) in [5, 5.41) is 7.62. The molecule has 0 bridgehead atoms. The number of primary sulfonamides is 1. The summed E-state index contributed by atoms with van der Waals surface area (Å²) >= 11 is 0. The Bertz CT molecular complexity index is 740. The van der Waals surface area contributed by atoms with Crippen molar-refractivity contribution < 1.29 is 21.6 Å². The van der Waals surface area contributed by atoms with Gasteiger partial charge in [0.05, 0.1) is 10.6 Å². The van der Waals surface area contributed by atoms with E-state index in [9.17, 15) is 21.6 Å². The molecule has 0 heterocycles. The zero-order valence-electron chi connectivity index (χ0n) is 13.0. The van der Waals surface area contributed by atoms with Crippen LogP contribution in [-0.2, 0) is 31.3 Å². The van der Waals surface area contributed by atoms with E-state index in [2.05, 4.69) is 5.32 Å². The lowest BCUT2D eigenvalue weighted by Gasteiger charge is -2.11. The van der Waals surface area contributed by atoms with Gasteiger partial charge in [-0.25, -0.2) is 26.3 Å². The van der Waals surface area contributed by atoms with Crippen LogP contribution in [0.15, 0.2) is 29.2 Å². The summed E-state index contributed by atoms with van der Waals surface area (Å²) < 4.78 is 46.4. The summed E-state index contributed by atoms with van der Waals surface area (Å²) in [5.74, 6) is -0.592. The molecule has 0 spiro atoms. The Morgan fingerprint density at radius 2 is 1.70 bits per heavy atom. The Morgan fingerprint density at radius 3 is 2.17 bits per heavy atom. The highest BCUT2D eigenvalue weighted by atomic mass is 32.2. The Kier molecular flexibility index (Phi) is 6.69. The second kappa shape index (κ2) is 7.86. The quantitative estimate of drug-likeness (QED) is 0.630. The van der Waals surface area contributed by atoms with Crippen molar-refractivity contribution in [2.75, 3.05) is 26.4 Å². The number of hydrogen-bond donors (Lipinski definition) is 2. The van der Waals surface area contributed by atoms with E-state index in [0.29, 0.717) is 13.0 Å². The van der Waals surface area contributed by atoms with Crippen LogP contribution in [0.2, 0.25) is 0 Å². The maximum Gasteiger partial charge on any atom is 0.238 e. The molecule has 3 N–H and O–H groups in total. The summed E-state index contributed by atoms with van der Waals surface area (Å²) in [6.45, 7) is 0.329. The Hall–Kier alpha value is -1.49. The standard InChI is InChI=1S/C13H21N3O5S2/c1-16(2)22(18,19)10-8-13(17)15-9-7-11-3-5-12(6-4-11)23(14,20)21/h3-6H,7-10H2,1-2H3,(H,15,17)(H2,14,20,21). The van der Waals surface area contributed by atoms with Crippen molar-refractivity contribution in [1.82, 2.24) is 9.62 Å². The molecule has 0 aromatic heterocycles. The lowest BCUT2D eigenvalue weighted by molar-refractivity contribution is -0.120. The molecule has 10 heteroatoms. The number of hydrogen-bond acceptors (Lipinski definition) is 5. The van der Waals surface area contributed by atoms with Gasteiger partial charge in [-0.3, -0.25) is 4.79 Å². The fraction of sp³-hybridized carbons (Fsp3) is 0.462. The van der Waals surface area contributed by atoms with E-state index < -0.39 is 20.0 Å². The first kappa shape index (κ1) is 19.6. The van der Waals surface area contributed by atoms with Gasteiger partial charge in [0.1, 0.15) is 0 Å². The summed E-state index contributed by atoms with van der Waals surface area (Å²) in [6.07, 6.45) is 0.391. The van der Waals surface area contributed by atoms with Crippen molar-refractivity contribution in [3.8, 4) is 0 Å². The first-order valence-corrected chi connectivity index (χ1v) is 9.96. The number of amides is 1. The van der Waals surface area contributed by atoms with Crippen molar-refractivity contribution in [3.63, 3.8) is 0 Å². The molecule has 1 rings (SSSR count). The number of nitrogens with zero attached hydrogens (tertiary/aromatic N) is 1. The molecule has 8 nitrogen and oxygen atoms in total. The second-order valence-corrected chi connectivity index (χ2v) is 9.00. The molecule has 0 aliphatic carbocycles. The highest BCUT2D eigenvalue weighted by Gasteiger charge is 2.15. The third-order valence-electron chi connectivity index (χ3n) is 3.13. The number of carbonyl (C=O) groups is 1. The SMILES string of the molecule is CN(C)S(=O)(=O)CCC(=O)NCCc1ccc(S(N)(=O)=O)cc1. The van der Waals surface area contributed by atoms with Crippen LogP contribution in [0.3, 0.4) is 0 Å². The highest BCUT2D eigenvalue weighted by Crippen LogP contribution is 2.08. The zero-order chi connectivity index (χ0) is 17.7. The molecule has 0 unspecified atom stereocenters. The number of nitrogens with one attached hydrogen (secondary N) is 1. The maximum atomic E-state index is 11.6. The molecule has 0 atom stereocenters. The molecule has 0 fully saturated rings. The number of carbonyl (C=O) groups excluding carboxylic acids is 1. The molecular weight excluding hydrogens is 342 g/mol. The minimum absolute atomic E-state index is 0.0270. The Morgan fingerprint density at radius 1 is 1.13 bits per heavy atom. The van der Waals surface area contributed by atoms with Gasteiger partial charge in [-0.2, -0.15) is 0 Å². The van der Waals surface area contributed by atoms with E-state index in [-0.39, 0.29) is 23.0 Å². The molecule has 0 aliphatic rings. The third-order valence-corrected chi connectivity index (χ3v) is 5.89. The predicted octanol–water partition coefficient (Wildman–Crippen LogP) is -0.726. The van der Waals surface area contributed by atoms with Gasteiger partial charge in [-0.05, 0) is 24.1 Å². The lowest BCUT2D eigenvalue weighted by Crippen LogP contribution is -2.31. The zero-order valence-corrected chi connectivity index (χ0v) is 14.7. The molecule has 23 heavy (non-hydrogen) atoms. The smallest absolute Gasteiger partial charge is 0.238 e. The van der Waals surface area contributed by atoms with E-state index in [1.165, 1.54) is 26.2 Å². The number of nitrogens with two attached hydrogens (primary N) is 1. The van der Waals surface area contributed by atoms with Crippen LogP contribution in [0, 0.1) is 0 Å². The summed E-state index contributed by atoms with van der Waals surface area (Å²) in [7, 11) is -4.27. The van der Waals surface area contributed by atoms with Gasteiger partial charge in [0.2, 0.25) is 26.0 Å². The van der Waals surface area contributed by atoms with E-state index in [1.807, 2.05) is 0 Å². The molecule has 0 saturated carbocycles. The van der Waals surface area contributed by atoms with Gasteiger partial charge in [0, 0.05) is 27.1 Å². The Labute approximate surface area is 136 Å². The molecule has 130 valence electrons. The maximum absolute atomic E-state index is 11.6. The average molecular weight is 363 g/mol. The van der Waals surface area contributed by atoms with Gasteiger partial charge in [0.15, 0.2) is 0 Å². The van der Waals surface area contributed by atoms with Gasteiger partial charge in [0.25, 0.3) is 0 Å². The normalized spacial score (nSPS) is 12.3.